The summed E-state index contributed by atoms with van der Waals surface area (Å²) in [6.07, 6.45) is 5.78. The fraction of sp³-hybridized carbons (Fsp3) is 0.923. The van der Waals surface area contributed by atoms with Crippen LogP contribution in [0, 0.1) is 0 Å². The number of ketones is 1. The number of piperidine rings is 1. The Bertz CT molecular complexity index is 345. The summed E-state index contributed by atoms with van der Waals surface area (Å²) in [5.41, 5.74) is 0. The zero-order valence-corrected chi connectivity index (χ0v) is 12.1. The van der Waals surface area contributed by atoms with Crippen molar-refractivity contribution < 1.29 is 13.2 Å². The molecule has 5 heteroatoms. The summed E-state index contributed by atoms with van der Waals surface area (Å²) < 4.78 is 23.0. The van der Waals surface area contributed by atoms with Gasteiger partial charge in [0.15, 0.2) is 9.84 Å². The van der Waals surface area contributed by atoms with E-state index in [4.69, 9.17) is 0 Å². The minimum atomic E-state index is -3.01. The van der Waals surface area contributed by atoms with Crippen molar-refractivity contribution in [1.82, 2.24) is 5.32 Å². The van der Waals surface area contributed by atoms with Crippen molar-refractivity contribution in [3.8, 4) is 0 Å². The van der Waals surface area contributed by atoms with Crippen molar-refractivity contribution in [2.24, 2.45) is 0 Å². The first kappa shape index (κ1) is 15.6. The molecule has 0 aromatic rings. The Kier molecular flexibility index (Phi) is 6.86. The number of carbonyl (C=O) groups is 1. The van der Waals surface area contributed by atoms with Gasteiger partial charge in [-0.05, 0) is 32.2 Å². The lowest BCUT2D eigenvalue weighted by atomic mass is 9.99. The van der Waals surface area contributed by atoms with E-state index in [1.165, 1.54) is 12.8 Å². The van der Waals surface area contributed by atoms with E-state index in [0.717, 1.165) is 19.4 Å². The molecule has 0 aromatic heterocycles. The highest BCUT2D eigenvalue weighted by Crippen LogP contribution is 2.12. The number of Topliss-reactive ketones (excluding diaryl/α,β-unsaturated/α-hetero) is 1. The normalized spacial score (nSPS) is 20.8. The maximum absolute atomic E-state index is 11.6. The van der Waals surface area contributed by atoms with Gasteiger partial charge in [-0.1, -0.05) is 13.3 Å². The fourth-order valence-corrected chi connectivity index (χ4v) is 3.68. The van der Waals surface area contributed by atoms with Crippen LogP contribution < -0.4 is 5.32 Å². The van der Waals surface area contributed by atoms with Crippen molar-refractivity contribution in [1.29, 1.82) is 0 Å². The molecule has 1 heterocycles. The molecule has 1 rings (SSSR count). The molecule has 0 aromatic carbocycles. The average molecular weight is 275 g/mol. The van der Waals surface area contributed by atoms with E-state index in [2.05, 4.69) is 5.32 Å². The van der Waals surface area contributed by atoms with E-state index in [-0.39, 0.29) is 23.7 Å². The van der Waals surface area contributed by atoms with Crippen molar-refractivity contribution in [3.63, 3.8) is 0 Å². The molecule has 4 nitrogen and oxygen atoms in total. The van der Waals surface area contributed by atoms with Crippen LogP contribution in [-0.4, -0.2) is 38.3 Å². The Morgan fingerprint density at radius 1 is 1.22 bits per heavy atom. The molecule has 0 bridgehead atoms. The van der Waals surface area contributed by atoms with Crippen molar-refractivity contribution >= 4 is 15.6 Å². The molecular formula is C13H25NO3S. The zero-order chi connectivity index (χ0) is 13.4. The highest BCUT2D eigenvalue weighted by molar-refractivity contribution is 7.91. The highest BCUT2D eigenvalue weighted by Gasteiger charge is 2.16. The van der Waals surface area contributed by atoms with Gasteiger partial charge >= 0.3 is 0 Å². The second kappa shape index (κ2) is 7.89. The van der Waals surface area contributed by atoms with E-state index < -0.39 is 9.84 Å². The maximum atomic E-state index is 11.6. The molecule has 0 amide bonds. The lowest BCUT2D eigenvalue weighted by Gasteiger charge is -2.22. The van der Waals surface area contributed by atoms with Crippen LogP contribution in [-0.2, 0) is 14.6 Å². The molecule has 0 aliphatic carbocycles. The summed E-state index contributed by atoms with van der Waals surface area (Å²) in [6.45, 7) is 2.89. The van der Waals surface area contributed by atoms with Gasteiger partial charge in [0.2, 0.25) is 0 Å². The van der Waals surface area contributed by atoms with Gasteiger partial charge in [0.05, 0.1) is 5.75 Å². The lowest BCUT2D eigenvalue weighted by molar-refractivity contribution is -0.118. The lowest BCUT2D eigenvalue weighted by Crippen LogP contribution is -2.34. The van der Waals surface area contributed by atoms with Gasteiger partial charge in [-0.15, -0.1) is 0 Å². The topological polar surface area (TPSA) is 63.2 Å². The Morgan fingerprint density at radius 2 is 2.00 bits per heavy atom. The number of carbonyl (C=O) groups excluding carboxylic acids is 1. The van der Waals surface area contributed by atoms with Gasteiger partial charge in [0.1, 0.15) is 5.78 Å². The first-order valence-corrected chi connectivity index (χ1v) is 8.81. The van der Waals surface area contributed by atoms with E-state index >= 15 is 0 Å². The first-order chi connectivity index (χ1) is 8.53. The SMILES string of the molecule is CCCS(=O)(=O)CCC(=O)CCC1CCCCN1. The number of nitrogens with one attached hydrogen (secondary N) is 1. The summed E-state index contributed by atoms with van der Waals surface area (Å²) in [5.74, 6) is 0.310. The van der Waals surface area contributed by atoms with Crippen molar-refractivity contribution in [2.45, 2.75) is 57.9 Å². The largest absolute Gasteiger partial charge is 0.314 e. The Morgan fingerprint density at radius 3 is 2.61 bits per heavy atom. The van der Waals surface area contributed by atoms with Crippen LogP contribution >= 0.6 is 0 Å². The summed E-state index contributed by atoms with van der Waals surface area (Å²) >= 11 is 0. The summed E-state index contributed by atoms with van der Waals surface area (Å²) in [5, 5.41) is 3.40. The van der Waals surface area contributed by atoms with Gasteiger partial charge in [-0.3, -0.25) is 4.79 Å². The quantitative estimate of drug-likeness (QED) is 0.732. The van der Waals surface area contributed by atoms with E-state index in [1.807, 2.05) is 6.92 Å². The van der Waals surface area contributed by atoms with Crippen molar-refractivity contribution in [3.05, 3.63) is 0 Å². The molecule has 18 heavy (non-hydrogen) atoms. The smallest absolute Gasteiger partial charge is 0.150 e. The highest BCUT2D eigenvalue weighted by atomic mass is 32.2. The molecule has 0 saturated carbocycles. The van der Waals surface area contributed by atoms with E-state index in [9.17, 15) is 13.2 Å². The predicted molar refractivity (Wildman–Crippen MR) is 73.4 cm³/mol. The second-order valence-corrected chi connectivity index (χ2v) is 7.43. The van der Waals surface area contributed by atoms with Crippen LogP contribution in [0.2, 0.25) is 0 Å². The Hall–Kier alpha value is -0.420. The third-order valence-electron chi connectivity index (χ3n) is 3.39. The minimum Gasteiger partial charge on any atom is -0.314 e. The minimum absolute atomic E-state index is 0.0256. The summed E-state index contributed by atoms with van der Waals surface area (Å²) in [4.78, 5) is 11.6. The van der Waals surface area contributed by atoms with E-state index in [1.54, 1.807) is 0 Å². The summed E-state index contributed by atoms with van der Waals surface area (Å²) in [7, 11) is -3.01. The Balaban J connectivity index is 2.17. The predicted octanol–water partition coefficient (Wildman–Crippen LogP) is 1.69. The molecule has 106 valence electrons. The van der Waals surface area contributed by atoms with Crippen LogP contribution in [0.4, 0.5) is 0 Å². The van der Waals surface area contributed by atoms with Crippen LogP contribution in [0.15, 0.2) is 0 Å². The molecule has 1 aliphatic rings. The Labute approximate surface area is 110 Å². The van der Waals surface area contributed by atoms with Gasteiger partial charge in [0, 0.05) is 24.6 Å². The molecule has 0 spiro atoms. The van der Waals surface area contributed by atoms with Gasteiger partial charge < -0.3 is 5.32 Å². The van der Waals surface area contributed by atoms with Crippen LogP contribution in [0.3, 0.4) is 0 Å². The van der Waals surface area contributed by atoms with Gasteiger partial charge in [-0.2, -0.15) is 0 Å². The number of hydrogen-bond donors (Lipinski definition) is 1. The van der Waals surface area contributed by atoms with Crippen LogP contribution in [0.5, 0.6) is 0 Å². The molecule has 1 aliphatic heterocycles. The first-order valence-electron chi connectivity index (χ1n) is 6.99. The number of hydrogen-bond acceptors (Lipinski definition) is 4. The second-order valence-electron chi connectivity index (χ2n) is 5.13. The molecule has 1 saturated heterocycles. The van der Waals surface area contributed by atoms with Gasteiger partial charge in [-0.25, -0.2) is 8.42 Å². The molecule has 1 N–H and O–H groups in total. The molecule has 1 atom stereocenters. The number of rotatable bonds is 8. The standard InChI is InChI=1S/C13H25NO3S/c1-2-10-18(16,17)11-8-13(15)7-6-12-5-3-4-9-14-12/h12,14H,2-11H2,1H3. The fourth-order valence-electron chi connectivity index (χ4n) is 2.31. The van der Waals surface area contributed by atoms with Gasteiger partial charge in [0.25, 0.3) is 0 Å². The van der Waals surface area contributed by atoms with Crippen LogP contribution in [0.25, 0.3) is 0 Å². The third-order valence-corrected chi connectivity index (χ3v) is 5.25. The monoisotopic (exact) mass is 275 g/mol. The maximum Gasteiger partial charge on any atom is 0.150 e. The van der Waals surface area contributed by atoms with Crippen LogP contribution in [0.1, 0.15) is 51.9 Å². The number of sulfone groups is 1. The molecule has 1 fully saturated rings. The zero-order valence-electron chi connectivity index (χ0n) is 11.3. The molecular weight excluding hydrogens is 250 g/mol. The summed E-state index contributed by atoms with van der Waals surface area (Å²) in [6, 6.07) is 0.454. The van der Waals surface area contributed by atoms with E-state index in [0.29, 0.717) is 18.9 Å². The van der Waals surface area contributed by atoms with Crippen molar-refractivity contribution in [2.75, 3.05) is 18.1 Å². The third kappa shape index (κ3) is 6.50. The average Bonchev–Trinajstić information content (AvgIpc) is 2.35. The molecule has 0 radical (unpaired) electrons. The molecule has 1 unspecified atom stereocenters.